The molecule has 0 atom stereocenters. The van der Waals surface area contributed by atoms with E-state index in [0.29, 0.717) is 5.75 Å². The first kappa shape index (κ1) is 15.7. The molecular weight excluding hydrogens is 314 g/mol. The number of ether oxygens (including phenoxy) is 1. The molecule has 0 unspecified atom stereocenters. The number of hydrogen-bond acceptors (Lipinski definition) is 4. The fourth-order valence-corrected chi connectivity index (χ4v) is 3.22. The molecule has 0 bridgehead atoms. The van der Waals surface area contributed by atoms with Gasteiger partial charge in [0.1, 0.15) is 5.75 Å². The van der Waals surface area contributed by atoms with Gasteiger partial charge in [-0.15, -0.1) is 0 Å². The molecule has 25 heavy (non-hydrogen) atoms. The van der Waals surface area contributed by atoms with Crippen molar-refractivity contribution in [3.05, 3.63) is 71.3 Å². The van der Waals surface area contributed by atoms with Gasteiger partial charge >= 0.3 is 0 Å². The lowest BCUT2D eigenvalue weighted by Crippen LogP contribution is -2.30. The molecule has 0 saturated heterocycles. The van der Waals surface area contributed by atoms with Crippen LogP contribution in [-0.2, 0) is 19.5 Å². The molecule has 2 heterocycles. The first-order chi connectivity index (χ1) is 12.2. The van der Waals surface area contributed by atoms with Crippen LogP contribution in [0.2, 0.25) is 0 Å². The van der Waals surface area contributed by atoms with Gasteiger partial charge in [0.05, 0.1) is 12.0 Å². The summed E-state index contributed by atoms with van der Waals surface area (Å²) in [4.78, 5) is 9.89. The lowest BCUT2D eigenvalue weighted by Gasteiger charge is -2.29. The summed E-state index contributed by atoms with van der Waals surface area (Å²) in [5, 5.41) is 10.3. The maximum absolute atomic E-state index is 10.3. The van der Waals surface area contributed by atoms with E-state index in [1.807, 2.05) is 49.4 Å². The van der Waals surface area contributed by atoms with Gasteiger partial charge in [-0.05, 0) is 48.7 Å². The van der Waals surface area contributed by atoms with Crippen molar-refractivity contribution in [1.29, 1.82) is 0 Å². The van der Waals surface area contributed by atoms with Crippen molar-refractivity contribution < 1.29 is 9.84 Å². The number of para-hydroxylation sites is 1. The second kappa shape index (κ2) is 6.61. The summed E-state index contributed by atoms with van der Waals surface area (Å²) in [5.74, 6) is 1.42. The normalized spacial score (nSPS) is 14.3. The Bertz CT molecular complexity index is 874. The van der Waals surface area contributed by atoms with E-state index in [0.717, 1.165) is 43.2 Å². The van der Waals surface area contributed by atoms with Crippen LogP contribution in [0, 0.1) is 6.92 Å². The molecule has 0 radical (unpaired) electrons. The average Bonchev–Trinajstić information content (AvgIpc) is 3.02. The van der Waals surface area contributed by atoms with Crippen molar-refractivity contribution in [1.82, 2.24) is 14.9 Å². The fraction of sp³-hybridized carbons (Fsp3) is 0.250. The van der Waals surface area contributed by atoms with E-state index in [1.165, 1.54) is 11.1 Å². The Kier molecular flexibility index (Phi) is 4.15. The third-order valence-electron chi connectivity index (χ3n) is 4.65. The molecule has 1 aliphatic heterocycles. The third-order valence-corrected chi connectivity index (χ3v) is 4.65. The number of aromatic amines is 1. The van der Waals surface area contributed by atoms with E-state index < -0.39 is 0 Å². The number of phenolic OH excluding ortho intramolecular Hbond substituents is 1. The van der Waals surface area contributed by atoms with Crippen molar-refractivity contribution in [2.24, 2.45) is 0 Å². The Hall–Kier alpha value is -2.79. The van der Waals surface area contributed by atoms with Crippen LogP contribution >= 0.6 is 0 Å². The molecule has 0 aliphatic carbocycles. The monoisotopic (exact) mass is 335 g/mol. The van der Waals surface area contributed by atoms with Crippen LogP contribution in [0.3, 0.4) is 0 Å². The van der Waals surface area contributed by atoms with E-state index in [2.05, 4.69) is 14.9 Å². The number of aromatic hydroxyl groups is 1. The van der Waals surface area contributed by atoms with Gasteiger partial charge in [-0.2, -0.15) is 0 Å². The minimum atomic E-state index is 0.194. The van der Waals surface area contributed by atoms with E-state index in [4.69, 9.17) is 4.74 Å². The average molecular weight is 335 g/mol. The molecule has 0 saturated carbocycles. The van der Waals surface area contributed by atoms with Crippen molar-refractivity contribution in [2.75, 3.05) is 6.54 Å². The Balaban J connectivity index is 1.54. The lowest BCUT2D eigenvalue weighted by molar-refractivity contribution is 0.241. The summed E-state index contributed by atoms with van der Waals surface area (Å²) in [6.07, 6.45) is 2.66. The van der Waals surface area contributed by atoms with Crippen molar-refractivity contribution in [2.45, 2.75) is 26.4 Å². The topological polar surface area (TPSA) is 61.4 Å². The zero-order valence-corrected chi connectivity index (χ0v) is 14.2. The summed E-state index contributed by atoms with van der Waals surface area (Å²) in [6.45, 7) is 4.65. The molecule has 0 fully saturated rings. The number of fused-ring (bicyclic) bond motifs is 1. The largest absolute Gasteiger partial charge is 0.504 e. The van der Waals surface area contributed by atoms with Crippen molar-refractivity contribution in [3.63, 3.8) is 0 Å². The summed E-state index contributed by atoms with van der Waals surface area (Å²) >= 11 is 0. The highest BCUT2D eigenvalue weighted by atomic mass is 16.5. The molecule has 1 aliphatic rings. The summed E-state index contributed by atoms with van der Waals surface area (Å²) < 4.78 is 5.85. The molecular formula is C20H21N3O2. The number of imidazole rings is 1. The smallest absolute Gasteiger partial charge is 0.169 e. The van der Waals surface area contributed by atoms with Gasteiger partial charge in [0.15, 0.2) is 11.5 Å². The first-order valence-electron chi connectivity index (χ1n) is 8.48. The van der Waals surface area contributed by atoms with Crippen LogP contribution < -0.4 is 4.74 Å². The second-order valence-corrected chi connectivity index (χ2v) is 6.44. The van der Waals surface area contributed by atoms with Crippen LogP contribution in [0.25, 0.3) is 0 Å². The number of nitrogens with one attached hydrogen (secondary N) is 1. The minimum absolute atomic E-state index is 0.194. The number of H-pyrrole nitrogens is 1. The fourth-order valence-electron chi connectivity index (χ4n) is 3.22. The second-order valence-electron chi connectivity index (χ2n) is 6.44. The molecule has 1 aromatic heterocycles. The van der Waals surface area contributed by atoms with E-state index in [9.17, 15) is 5.11 Å². The molecule has 0 spiro atoms. The van der Waals surface area contributed by atoms with Crippen molar-refractivity contribution >= 4 is 0 Å². The predicted molar refractivity (Wildman–Crippen MR) is 95.8 cm³/mol. The van der Waals surface area contributed by atoms with Crippen LogP contribution in [-0.4, -0.2) is 26.5 Å². The lowest BCUT2D eigenvalue weighted by atomic mass is 9.98. The van der Waals surface area contributed by atoms with Gasteiger partial charge in [0.2, 0.25) is 0 Å². The van der Waals surface area contributed by atoms with Crippen LogP contribution in [0.4, 0.5) is 0 Å². The minimum Gasteiger partial charge on any atom is -0.504 e. The van der Waals surface area contributed by atoms with Gasteiger partial charge in [0, 0.05) is 25.3 Å². The van der Waals surface area contributed by atoms with E-state index in [-0.39, 0.29) is 5.75 Å². The first-order valence-corrected chi connectivity index (χ1v) is 8.48. The van der Waals surface area contributed by atoms with Crippen LogP contribution in [0.1, 0.15) is 22.5 Å². The zero-order valence-electron chi connectivity index (χ0n) is 14.2. The molecule has 4 rings (SSSR count). The number of benzene rings is 2. The van der Waals surface area contributed by atoms with Crippen LogP contribution in [0.15, 0.2) is 48.8 Å². The van der Waals surface area contributed by atoms with Gasteiger partial charge in [-0.1, -0.05) is 18.2 Å². The number of phenols is 1. The SMILES string of the molecule is Cc1[nH]cnc1CN1CCc2cc(O)c(Oc3ccccc3)cc2C1. The number of aromatic nitrogens is 2. The van der Waals surface area contributed by atoms with Gasteiger partial charge in [-0.3, -0.25) is 4.90 Å². The Morgan fingerprint density at radius 2 is 2.04 bits per heavy atom. The Morgan fingerprint density at radius 1 is 1.20 bits per heavy atom. The van der Waals surface area contributed by atoms with E-state index >= 15 is 0 Å². The van der Waals surface area contributed by atoms with E-state index in [1.54, 1.807) is 6.33 Å². The number of hydrogen-bond donors (Lipinski definition) is 2. The Labute approximate surface area is 146 Å². The third kappa shape index (κ3) is 3.37. The molecule has 2 aromatic carbocycles. The molecule has 5 nitrogen and oxygen atoms in total. The highest BCUT2D eigenvalue weighted by Gasteiger charge is 2.20. The predicted octanol–water partition coefficient (Wildman–Crippen LogP) is 3.77. The molecule has 5 heteroatoms. The number of rotatable bonds is 4. The maximum atomic E-state index is 10.3. The summed E-state index contributed by atoms with van der Waals surface area (Å²) in [7, 11) is 0. The molecule has 2 N–H and O–H groups in total. The molecule has 3 aromatic rings. The highest BCUT2D eigenvalue weighted by Crippen LogP contribution is 2.35. The standard InChI is InChI=1S/C20H21N3O2/c1-14-18(22-13-21-14)12-23-8-7-15-9-19(24)20(10-16(15)11-23)25-17-5-3-2-4-6-17/h2-6,9-10,13,24H,7-8,11-12H2,1H3,(H,21,22). The summed E-state index contributed by atoms with van der Waals surface area (Å²) in [6, 6.07) is 13.3. The van der Waals surface area contributed by atoms with Crippen LogP contribution in [0.5, 0.6) is 17.2 Å². The number of nitrogens with zero attached hydrogens (tertiary/aromatic N) is 2. The quantitative estimate of drug-likeness (QED) is 0.762. The highest BCUT2D eigenvalue weighted by molar-refractivity contribution is 5.49. The summed E-state index contributed by atoms with van der Waals surface area (Å²) in [5.41, 5.74) is 4.59. The van der Waals surface area contributed by atoms with Gasteiger partial charge < -0.3 is 14.8 Å². The zero-order chi connectivity index (χ0) is 17.2. The van der Waals surface area contributed by atoms with Crippen molar-refractivity contribution in [3.8, 4) is 17.2 Å². The maximum Gasteiger partial charge on any atom is 0.169 e. The van der Waals surface area contributed by atoms with Gasteiger partial charge in [-0.25, -0.2) is 4.98 Å². The Morgan fingerprint density at radius 3 is 2.80 bits per heavy atom. The molecule has 0 amide bonds. The molecule has 128 valence electrons. The number of aryl methyl sites for hydroxylation is 1. The van der Waals surface area contributed by atoms with Gasteiger partial charge in [0.25, 0.3) is 0 Å².